The molecule has 0 aliphatic rings. The van der Waals surface area contributed by atoms with Crippen molar-refractivity contribution in [2.75, 3.05) is 6.61 Å². The molecular weight excluding hydrogens is 144 g/mol. The molecule has 0 amide bonds. The summed E-state index contributed by atoms with van der Waals surface area (Å²) in [6.45, 7) is 3.46. The van der Waals surface area contributed by atoms with E-state index < -0.39 is 11.7 Å². The van der Waals surface area contributed by atoms with Gasteiger partial charge >= 0.3 is 0 Å². The number of aliphatic hydroxyl groups excluding tert-OH is 2. The van der Waals surface area contributed by atoms with Gasteiger partial charge in [0.25, 0.3) is 0 Å². The fourth-order valence-corrected chi connectivity index (χ4v) is 1.07. The second-order valence-corrected chi connectivity index (χ2v) is 2.96. The summed E-state index contributed by atoms with van der Waals surface area (Å²) < 4.78 is 0. The maximum Gasteiger partial charge on any atom is 0.0900 e. The largest absolute Gasteiger partial charge is 0.396 e. The molecule has 0 aromatic carbocycles. The molecule has 0 aliphatic heterocycles. The van der Waals surface area contributed by atoms with Crippen LogP contribution in [-0.2, 0) is 0 Å². The lowest BCUT2D eigenvalue weighted by Crippen LogP contribution is -2.39. The van der Waals surface area contributed by atoms with E-state index in [0.717, 1.165) is 0 Å². The average Bonchev–Trinajstić information content (AvgIpc) is 2.00. The zero-order valence-electron chi connectivity index (χ0n) is 7.25. The Morgan fingerprint density at radius 3 is 2.27 bits per heavy atom. The van der Waals surface area contributed by atoms with Gasteiger partial charge in [-0.1, -0.05) is 6.92 Å². The van der Waals surface area contributed by atoms with E-state index in [2.05, 4.69) is 0 Å². The zero-order chi connectivity index (χ0) is 8.91. The lowest BCUT2D eigenvalue weighted by molar-refractivity contribution is -0.0767. The molecule has 0 heterocycles. The first kappa shape index (κ1) is 10.9. The Morgan fingerprint density at radius 1 is 1.45 bits per heavy atom. The molecule has 0 aromatic heterocycles. The van der Waals surface area contributed by atoms with Gasteiger partial charge in [0.15, 0.2) is 0 Å². The Bertz CT molecular complexity index is 104. The number of hydrogen-bond acceptors (Lipinski definition) is 3. The van der Waals surface area contributed by atoms with E-state index in [1.165, 1.54) is 0 Å². The highest BCUT2D eigenvalue weighted by atomic mass is 16.3. The van der Waals surface area contributed by atoms with Crippen LogP contribution < -0.4 is 0 Å². The molecule has 0 bridgehead atoms. The summed E-state index contributed by atoms with van der Waals surface area (Å²) in [5.41, 5.74) is -1.01. The van der Waals surface area contributed by atoms with Gasteiger partial charge in [0.05, 0.1) is 11.7 Å². The molecule has 0 radical (unpaired) electrons. The van der Waals surface area contributed by atoms with Crippen molar-refractivity contribution in [3.05, 3.63) is 0 Å². The molecule has 0 saturated carbocycles. The smallest absolute Gasteiger partial charge is 0.0900 e. The summed E-state index contributed by atoms with van der Waals surface area (Å²) >= 11 is 0. The van der Waals surface area contributed by atoms with Gasteiger partial charge < -0.3 is 15.3 Å². The van der Waals surface area contributed by atoms with Gasteiger partial charge in [-0.2, -0.15) is 0 Å². The van der Waals surface area contributed by atoms with Crippen LogP contribution in [0.15, 0.2) is 0 Å². The third-order valence-electron chi connectivity index (χ3n) is 2.16. The zero-order valence-corrected chi connectivity index (χ0v) is 7.25. The molecule has 2 unspecified atom stereocenters. The van der Waals surface area contributed by atoms with Crippen molar-refractivity contribution in [1.29, 1.82) is 0 Å². The first-order valence-electron chi connectivity index (χ1n) is 4.08. The Hall–Kier alpha value is -0.120. The molecule has 3 nitrogen and oxygen atoms in total. The fraction of sp³-hybridized carbons (Fsp3) is 1.00. The van der Waals surface area contributed by atoms with Crippen molar-refractivity contribution in [2.24, 2.45) is 0 Å². The molecule has 3 heteroatoms. The predicted octanol–water partition coefficient (Wildman–Crippen LogP) is 0.281. The van der Waals surface area contributed by atoms with E-state index >= 15 is 0 Å². The van der Waals surface area contributed by atoms with Crippen LogP contribution >= 0.6 is 0 Å². The minimum atomic E-state index is -1.01. The number of hydrogen-bond donors (Lipinski definition) is 3. The van der Waals surface area contributed by atoms with Crippen LogP contribution in [0.1, 0.15) is 33.1 Å². The van der Waals surface area contributed by atoms with Crippen LogP contribution in [0, 0.1) is 0 Å². The van der Waals surface area contributed by atoms with Crippen LogP contribution in [0.3, 0.4) is 0 Å². The van der Waals surface area contributed by atoms with E-state index in [9.17, 15) is 5.11 Å². The minimum Gasteiger partial charge on any atom is -0.396 e. The molecule has 11 heavy (non-hydrogen) atoms. The van der Waals surface area contributed by atoms with Gasteiger partial charge in [-0.15, -0.1) is 0 Å². The lowest BCUT2D eigenvalue weighted by Gasteiger charge is -2.29. The molecule has 0 spiro atoms. The fourth-order valence-electron chi connectivity index (χ4n) is 1.07. The van der Waals surface area contributed by atoms with E-state index in [-0.39, 0.29) is 6.61 Å². The quantitative estimate of drug-likeness (QED) is 0.544. The molecule has 0 rings (SSSR count). The SMILES string of the molecule is CCC(O)(CCCO)C(C)O. The van der Waals surface area contributed by atoms with Crippen LogP contribution in [0.25, 0.3) is 0 Å². The Balaban J connectivity index is 3.88. The van der Waals surface area contributed by atoms with Crippen molar-refractivity contribution in [2.45, 2.75) is 44.8 Å². The summed E-state index contributed by atoms with van der Waals surface area (Å²) in [6.07, 6.45) is 0.788. The van der Waals surface area contributed by atoms with Crippen molar-refractivity contribution >= 4 is 0 Å². The third kappa shape index (κ3) is 3.18. The van der Waals surface area contributed by atoms with Gasteiger partial charge in [0.2, 0.25) is 0 Å². The molecule has 0 aliphatic carbocycles. The lowest BCUT2D eigenvalue weighted by atomic mass is 9.90. The summed E-state index contributed by atoms with van der Waals surface area (Å²) in [5, 5.41) is 27.3. The van der Waals surface area contributed by atoms with E-state index in [1.807, 2.05) is 6.92 Å². The maximum atomic E-state index is 9.67. The number of aliphatic hydroxyl groups is 3. The van der Waals surface area contributed by atoms with E-state index in [4.69, 9.17) is 10.2 Å². The molecule has 0 fully saturated rings. The van der Waals surface area contributed by atoms with Gasteiger partial charge in [-0.05, 0) is 26.2 Å². The van der Waals surface area contributed by atoms with Crippen molar-refractivity contribution in [1.82, 2.24) is 0 Å². The summed E-state index contributed by atoms with van der Waals surface area (Å²) in [4.78, 5) is 0. The molecule has 0 aromatic rings. The summed E-state index contributed by atoms with van der Waals surface area (Å²) in [6, 6.07) is 0. The molecule has 68 valence electrons. The topological polar surface area (TPSA) is 60.7 Å². The van der Waals surface area contributed by atoms with E-state index in [0.29, 0.717) is 19.3 Å². The minimum absolute atomic E-state index is 0.0645. The normalized spacial score (nSPS) is 19.4. The Morgan fingerprint density at radius 2 is 2.00 bits per heavy atom. The highest BCUT2D eigenvalue weighted by molar-refractivity contribution is 4.81. The molecule has 2 atom stereocenters. The Kier molecular flexibility index (Phi) is 4.65. The number of rotatable bonds is 5. The van der Waals surface area contributed by atoms with Crippen LogP contribution in [0.2, 0.25) is 0 Å². The maximum absolute atomic E-state index is 9.67. The molecule has 0 saturated heterocycles. The Labute approximate surface area is 67.7 Å². The van der Waals surface area contributed by atoms with E-state index in [1.54, 1.807) is 6.92 Å². The van der Waals surface area contributed by atoms with Crippen LogP contribution in [0.4, 0.5) is 0 Å². The summed E-state index contributed by atoms with van der Waals surface area (Å²) in [7, 11) is 0. The van der Waals surface area contributed by atoms with Gasteiger partial charge in [-0.3, -0.25) is 0 Å². The molecule has 3 N–H and O–H groups in total. The predicted molar refractivity (Wildman–Crippen MR) is 43.2 cm³/mol. The third-order valence-corrected chi connectivity index (χ3v) is 2.16. The first-order valence-corrected chi connectivity index (χ1v) is 4.08. The molecular formula is C8H18O3. The van der Waals surface area contributed by atoms with Crippen LogP contribution in [0.5, 0.6) is 0 Å². The van der Waals surface area contributed by atoms with Crippen molar-refractivity contribution < 1.29 is 15.3 Å². The highest BCUT2D eigenvalue weighted by Gasteiger charge is 2.29. The average molecular weight is 162 g/mol. The second kappa shape index (κ2) is 4.70. The van der Waals surface area contributed by atoms with Crippen LogP contribution in [-0.4, -0.2) is 33.6 Å². The van der Waals surface area contributed by atoms with Gasteiger partial charge in [-0.25, -0.2) is 0 Å². The van der Waals surface area contributed by atoms with Crippen molar-refractivity contribution in [3.63, 3.8) is 0 Å². The second-order valence-electron chi connectivity index (χ2n) is 2.96. The monoisotopic (exact) mass is 162 g/mol. The highest BCUT2D eigenvalue weighted by Crippen LogP contribution is 2.21. The first-order chi connectivity index (χ1) is 5.06. The summed E-state index contributed by atoms with van der Waals surface area (Å²) in [5.74, 6) is 0. The standard InChI is InChI=1S/C8H18O3/c1-3-8(11,7(2)10)5-4-6-9/h7,9-11H,3-6H2,1-2H3. The van der Waals surface area contributed by atoms with Crippen molar-refractivity contribution in [3.8, 4) is 0 Å². The van der Waals surface area contributed by atoms with Gasteiger partial charge in [0.1, 0.15) is 0 Å². The van der Waals surface area contributed by atoms with Gasteiger partial charge in [0, 0.05) is 6.61 Å².